The van der Waals surface area contributed by atoms with E-state index in [1.807, 2.05) is 30.3 Å². The number of nitrogens with zero attached hydrogens (tertiary/aromatic N) is 4. The fourth-order valence-electron chi connectivity index (χ4n) is 4.04. The second-order valence-corrected chi connectivity index (χ2v) is 8.40. The molecule has 0 atom stereocenters. The van der Waals surface area contributed by atoms with E-state index >= 15 is 0 Å². The van der Waals surface area contributed by atoms with Crippen LogP contribution in [0.25, 0.3) is 16.9 Å². The van der Waals surface area contributed by atoms with E-state index in [2.05, 4.69) is 4.98 Å². The molecule has 0 bridgehead atoms. The molecule has 0 radical (unpaired) electrons. The third kappa shape index (κ3) is 4.18. The summed E-state index contributed by atoms with van der Waals surface area (Å²) in [4.78, 5) is 31.5. The van der Waals surface area contributed by atoms with Crippen molar-refractivity contribution in [2.45, 2.75) is 19.5 Å². The zero-order valence-electron chi connectivity index (χ0n) is 18.1. The minimum atomic E-state index is -0.480. The van der Waals surface area contributed by atoms with Crippen LogP contribution in [0.4, 0.5) is 4.39 Å². The Morgan fingerprint density at radius 3 is 2.35 bits per heavy atom. The maximum Gasteiger partial charge on any atom is 0.337 e. The summed E-state index contributed by atoms with van der Waals surface area (Å²) >= 11 is 6.05. The van der Waals surface area contributed by atoms with E-state index < -0.39 is 11.2 Å². The quantitative estimate of drug-likeness (QED) is 0.366. The lowest BCUT2D eigenvalue weighted by Crippen LogP contribution is -2.40. The van der Waals surface area contributed by atoms with Crippen LogP contribution in [0.3, 0.4) is 0 Å². The fourth-order valence-corrected chi connectivity index (χ4v) is 4.16. The molecule has 0 aliphatic carbocycles. The van der Waals surface area contributed by atoms with Crippen LogP contribution in [0.2, 0.25) is 5.02 Å². The van der Waals surface area contributed by atoms with Gasteiger partial charge in [-0.25, -0.2) is 18.7 Å². The Balaban J connectivity index is 1.69. The fraction of sp³-hybridized carbons (Fsp3) is 0.115. The van der Waals surface area contributed by atoms with Crippen molar-refractivity contribution in [2.75, 3.05) is 0 Å². The number of benzene rings is 3. The van der Waals surface area contributed by atoms with Crippen LogP contribution in [-0.4, -0.2) is 18.7 Å². The molecule has 0 aliphatic rings. The maximum absolute atomic E-state index is 13.7. The van der Waals surface area contributed by atoms with Crippen molar-refractivity contribution >= 4 is 22.8 Å². The molecule has 0 unspecified atom stereocenters. The smallest absolute Gasteiger partial charge is 0.320 e. The van der Waals surface area contributed by atoms with Gasteiger partial charge in [0.05, 0.1) is 12.0 Å². The number of aromatic nitrogens is 4. The largest absolute Gasteiger partial charge is 0.337 e. The summed E-state index contributed by atoms with van der Waals surface area (Å²) < 4.78 is 18.0. The third-order valence-electron chi connectivity index (χ3n) is 5.69. The summed E-state index contributed by atoms with van der Waals surface area (Å²) in [6, 6.07) is 22.6. The van der Waals surface area contributed by atoms with Gasteiger partial charge in [-0.3, -0.25) is 9.36 Å². The van der Waals surface area contributed by atoms with E-state index in [0.29, 0.717) is 22.7 Å². The number of fused-ring (bicyclic) bond motifs is 1. The molecule has 5 rings (SSSR count). The van der Waals surface area contributed by atoms with Gasteiger partial charge >= 0.3 is 5.69 Å². The van der Waals surface area contributed by atoms with E-state index in [1.54, 1.807) is 41.0 Å². The second-order valence-electron chi connectivity index (χ2n) is 7.96. The lowest BCUT2D eigenvalue weighted by Gasteiger charge is -2.13. The molecule has 5 aromatic rings. The first kappa shape index (κ1) is 21.9. The zero-order chi connectivity index (χ0) is 23.7. The molecular weight excluding hydrogens is 455 g/mol. The summed E-state index contributed by atoms with van der Waals surface area (Å²) in [5.41, 5.74) is 1.83. The molecule has 0 fully saturated rings. The molecule has 3 aromatic carbocycles. The molecule has 34 heavy (non-hydrogen) atoms. The molecule has 6 nitrogen and oxygen atoms in total. The third-order valence-corrected chi connectivity index (χ3v) is 5.95. The van der Waals surface area contributed by atoms with E-state index in [1.165, 1.54) is 27.6 Å². The highest BCUT2D eigenvalue weighted by atomic mass is 35.5. The lowest BCUT2D eigenvalue weighted by molar-refractivity contribution is 0.614. The van der Waals surface area contributed by atoms with Crippen LogP contribution in [0.15, 0.2) is 94.8 Å². The van der Waals surface area contributed by atoms with E-state index in [0.717, 1.165) is 5.56 Å². The predicted molar refractivity (Wildman–Crippen MR) is 130 cm³/mol. The molecule has 170 valence electrons. The number of aryl methyl sites for hydroxylation is 1. The van der Waals surface area contributed by atoms with Crippen LogP contribution in [0, 0.1) is 5.82 Å². The van der Waals surface area contributed by atoms with Crippen molar-refractivity contribution < 1.29 is 4.39 Å². The van der Waals surface area contributed by atoms with Crippen molar-refractivity contribution in [3.63, 3.8) is 0 Å². The van der Waals surface area contributed by atoms with Crippen LogP contribution >= 0.6 is 11.6 Å². The average Bonchev–Trinajstić information content (AvgIpc) is 3.24. The van der Waals surface area contributed by atoms with E-state index in [4.69, 9.17) is 11.6 Å². The predicted octanol–water partition coefficient (Wildman–Crippen LogP) is 4.43. The SMILES string of the molecule is O=c1c2c(ncn2Cc2cccc(F)c2)n(-c2ccc(Cl)cc2)c(=O)n1CCc1ccccc1. The Morgan fingerprint density at radius 2 is 1.62 bits per heavy atom. The molecule has 0 amide bonds. The minimum Gasteiger partial charge on any atom is -0.320 e. The van der Waals surface area contributed by atoms with Crippen molar-refractivity contribution in [3.8, 4) is 5.69 Å². The molecule has 0 saturated heterocycles. The summed E-state index contributed by atoms with van der Waals surface area (Å²) in [6.45, 7) is 0.442. The van der Waals surface area contributed by atoms with Crippen LogP contribution in [-0.2, 0) is 19.5 Å². The zero-order valence-corrected chi connectivity index (χ0v) is 18.8. The lowest BCUT2D eigenvalue weighted by atomic mass is 10.1. The van der Waals surface area contributed by atoms with Gasteiger partial charge in [0.2, 0.25) is 0 Å². The molecule has 8 heteroatoms. The van der Waals surface area contributed by atoms with Gasteiger partial charge in [-0.1, -0.05) is 54.1 Å². The molecule has 2 aromatic heterocycles. The summed E-state index contributed by atoms with van der Waals surface area (Å²) in [5.74, 6) is -0.361. The number of imidazole rings is 1. The standard InChI is InChI=1S/C26H20ClFN4O2/c27-20-9-11-22(12-10-20)32-24-23(30(17-29-24)16-19-7-4-8-21(28)15-19)25(33)31(26(32)34)14-13-18-5-2-1-3-6-18/h1-12,15,17H,13-14,16H2. The van der Waals surface area contributed by atoms with Gasteiger partial charge in [-0.05, 0) is 53.9 Å². The van der Waals surface area contributed by atoms with E-state index in [9.17, 15) is 14.0 Å². The number of hydrogen-bond acceptors (Lipinski definition) is 3. The van der Waals surface area contributed by atoms with Crippen molar-refractivity contribution in [2.24, 2.45) is 0 Å². The van der Waals surface area contributed by atoms with Crippen LogP contribution in [0.5, 0.6) is 0 Å². The number of hydrogen-bond donors (Lipinski definition) is 0. The van der Waals surface area contributed by atoms with E-state index in [-0.39, 0.29) is 30.1 Å². The second kappa shape index (κ2) is 9.11. The molecule has 0 aliphatic heterocycles. The first-order chi connectivity index (χ1) is 16.5. The Hall–Kier alpha value is -3.97. The van der Waals surface area contributed by atoms with Gasteiger partial charge in [0, 0.05) is 18.1 Å². The van der Waals surface area contributed by atoms with Gasteiger partial charge in [0.15, 0.2) is 11.2 Å². The van der Waals surface area contributed by atoms with Gasteiger partial charge in [-0.15, -0.1) is 0 Å². The average molecular weight is 475 g/mol. The van der Waals surface area contributed by atoms with Gasteiger partial charge in [0.25, 0.3) is 5.56 Å². The van der Waals surface area contributed by atoms with Gasteiger partial charge in [-0.2, -0.15) is 0 Å². The molecule has 0 N–H and O–H groups in total. The number of rotatable bonds is 6. The highest BCUT2D eigenvalue weighted by Gasteiger charge is 2.19. The van der Waals surface area contributed by atoms with Crippen molar-refractivity contribution in [1.29, 1.82) is 0 Å². The normalized spacial score (nSPS) is 11.2. The summed E-state index contributed by atoms with van der Waals surface area (Å²) in [7, 11) is 0. The minimum absolute atomic E-state index is 0.205. The number of halogens is 2. The topological polar surface area (TPSA) is 61.8 Å². The maximum atomic E-state index is 13.7. The van der Waals surface area contributed by atoms with Gasteiger partial charge in [0.1, 0.15) is 5.82 Å². The highest BCUT2D eigenvalue weighted by molar-refractivity contribution is 6.30. The first-order valence-electron chi connectivity index (χ1n) is 10.8. The molecule has 2 heterocycles. The molecular formula is C26H20ClFN4O2. The Labute approximate surface area is 199 Å². The van der Waals surface area contributed by atoms with Crippen molar-refractivity contribution in [3.05, 3.63) is 128 Å². The van der Waals surface area contributed by atoms with Crippen LogP contribution < -0.4 is 11.2 Å². The summed E-state index contributed by atoms with van der Waals surface area (Å²) in [6.07, 6.45) is 2.02. The monoisotopic (exact) mass is 474 g/mol. The van der Waals surface area contributed by atoms with Gasteiger partial charge < -0.3 is 4.57 Å². The highest BCUT2D eigenvalue weighted by Crippen LogP contribution is 2.17. The Bertz CT molecular complexity index is 1590. The van der Waals surface area contributed by atoms with Crippen molar-refractivity contribution in [1.82, 2.24) is 18.7 Å². The summed E-state index contributed by atoms with van der Waals surface area (Å²) in [5, 5.41) is 0.530. The molecule has 0 spiro atoms. The first-order valence-corrected chi connectivity index (χ1v) is 11.1. The molecule has 0 saturated carbocycles. The Morgan fingerprint density at radius 1 is 0.882 bits per heavy atom. The Kier molecular flexibility index (Phi) is 5.86. The van der Waals surface area contributed by atoms with Crippen LogP contribution in [0.1, 0.15) is 11.1 Å².